The van der Waals surface area contributed by atoms with Crippen molar-refractivity contribution < 1.29 is 28.2 Å². The molecule has 0 aromatic rings. The van der Waals surface area contributed by atoms with Gasteiger partial charge >= 0.3 is 17.9 Å². The average molecular weight is 335 g/mol. The first-order chi connectivity index (χ1) is 10.7. The van der Waals surface area contributed by atoms with Crippen molar-refractivity contribution >= 4 is 11.9 Å². The minimum absolute atomic E-state index is 0.0711. The Kier molecular flexibility index (Phi) is 7.38. The highest BCUT2D eigenvalue weighted by atomic mass is 19.3. The number of aliphatic carboxylic acids is 1. The van der Waals surface area contributed by atoms with Crippen LogP contribution in [0.3, 0.4) is 0 Å². The smallest absolute Gasteiger partial charge is 0.377 e. The summed E-state index contributed by atoms with van der Waals surface area (Å²) in [5.41, 5.74) is 0. The van der Waals surface area contributed by atoms with Gasteiger partial charge in [0.1, 0.15) is 0 Å². The van der Waals surface area contributed by atoms with E-state index in [9.17, 15) is 23.5 Å². The Labute approximate surface area is 135 Å². The SMILES string of the molecule is CCOC(=O)C(F)(F)C1CCC(NCC(CC(C)C)C(=O)O)C1. The maximum absolute atomic E-state index is 14.0. The van der Waals surface area contributed by atoms with Crippen LogP contribution in [0.25, 0.3) is 0 Å². The number of alkyl halides is 2. The Morgan fingerprint density at radius 2 is 2.00 bits per heavy atom. The van der Waals surface area contributed by atoms with Crippen molar-refractivity contribution in [3.05, 3.63) is 0 Å². The zero-order valence-electron chi connectivity index (χ0n) is 14.0. The topological polar surface area (TPSA) is 75.6 Å². The fourth-order valence-electron chi connectivity index (χ4n) is 3.04. The summed E-state index contributed by atoms with van der Waals surface area (Å²) in [5.74, 6) is -7.14. The van der Waals surface area contributed by atoms with Gasteiger partial charge < -0.3 is 15.2 Å². The van der Waals surface area contributed by atoms with Crippen LogP contribution in [-0.2, 0) is 14.3 Å². The lowest BCUT2D eigenvalue weighted by atomic mass is 9.96. The van der Waals surface area contributed by atoms with E-state index in [2.05, 4.69) is 10.1 Å². The van der Waals surface area contributed by atoms with Crippen LogP contribution in [0.15, 0.2) is 0 Å². The minimum atomic E-state index is -3.48. The second-order valence-corrected chi connectivity index (χ2v) is 6.62. The molecular weight excluding hydrogens is 308 g/mol. The lowest BCUT2D eigenvalue weighted by molar-refractivity contribution is -0.179. The molecule has 1 aliphatic rings. The molecule has 3 atom stereocenters. The molecule has 1 rings (SSSR count). The molecule has 0 spiro atoms. The molecule has 0 amide bonds. The molecule has 1 saturated carbocycles. The van der Waals surface area contributed by atoms with Gasteiger partial charge in [0.05, 0.1) is 12.5 Å². The number of halogens is 2. The molecule has 0 aromatic carbocycles. The lowest BCUT2D eigenvalue weighted by Crippen LogP contribution is -2.39. The molecule has 3 unspecified atom stereocenters. The van der Waals surface area contributed by atoms with Crippen molar-refractivity contribution in [1.82, 2.24) is 5.32 Å². The zero-order valence-corrected chi connectivity index (χ0v) is 14.0. The van der Waals surface area contributed by atoms with Gasteiger partial charge in [-0.15, -0.1) is 0 Å². The van der Waals surface area contributed by atoms with E-state index in [1.165, 1.54) is 6.92 Å². The number of ether oxygens (including phenoxy) is 1. The quantitative estimate of drug-likeness (QED) is 0.634. The van der Waals surface area contributed by atoms with Crippen molar-refractivity contribution in [3.8, 4) is 0 Å². The molecule has 0 radical (unpaired) electrons. The van der Waals surface area contributed by atoms with Crippen LogP contribution < -0.4 is 5.32 Å². The van der Waals surface area contributed by atoms with Crippen molar-refractivity contribution in [2.45, 2.75) is 58.4 Å². The van der Waals surface area contributed by atoms with Crippen LogP contribution in [0.4, 0.5) is 8.78 Å². The Bertz CT molecular complexity index is 415. The number of carbonyl (C=O) groups excluding carboxylic acids is 1. The number of nitrogens with one attached hydrogen (secondary N) is 1. The molecular formula is C16H27F2NO4. The third-order valence-electron chi connectivity index (χ3n) is 4.25. The van der Waals surface area contributed by atoms with E-state index in [1.807, 2.05) is 13.8 Å². The lowest BCUT2D eigenvalue weighted by Gasteiger charge is -2.22. The van der Waals surface area contributed by atoms with E-state index in [1.54, 1.807) is 0 Å². The summed E-state index contributed by atoms with van der Waals surface area (Å²) in [6.45, 7) is 5.57. The molecule has 2 N–H and O–H groups in total. The van der Waals surface area contributed by atoms with E-state index in [4.69, 9.17) is 0 Å². The summed E-state index contributed by atoms with van der Waals surface area (Å²) in [5, 5.41) is 12.3. The maximum Gasteiger partial charge on any atom is 0.377 e. The number of rotatable bonds is 9. The Hall–Kier alpha value is -1.24. The summed E-state index contributed by atoms with van der Waals surface area (Å²) in [4.78, 5) is 22.6. The van der Waals surface area contributed by atoms with E-state index in [0.717, 1.165) is 0 Å². The normalized spacial score (nSPS) is 23.0. The Morgan fingerprint density at radius 1 is 1.35 bits per heavy atom. The van der Waals surface area contributed by atoms with Gasteiger partial charge in [0.25, 0.3) is 0 Å². The molecule has 0 heterocycles. The molecule has 134 valence electrons. The van der Waals surface area contributed by atoms with Gasteiger partial charge in [-0.05, 0) is 38.5 Å². The van der Waals surface area contributed by atoms with Crippen molar-refractivity contribution in [1.29, 1.82) is 0 Å². The van der Waals surface area contributed by atoms with Gasteiger partial charge in [0.2, 0.25) is 0 Å². The molecule has 5 nitrogen and oxygen atoms in total. The van der Waals surface area contributed by atoms with Crippen molar-refractivity contribution in [3.63, 3.8) is 0 Å². The van der Waals surface area contributed by atoms with Crippen LogP contribution in [-0.4, -0.2) is 42.2 Å². The fourth-order valence-corrected chi connectivity index (χ4v) is 3.04. The molecule has 1 aliphatic carbocycles. The molecule has 1 fully saturated rings. The van der Waals surface area contributed by atoms with Gasteiger partial charge in [-0.1, -0.05) is 13.8 Å². The molecule has 0 bridgehead atoms. The predicted octanol–water partition coefficient (Wildman–Crippen LogP) is 2.69. The summed E-state index contributed by atoms with van der Waals surface area (Å²) >= 11 is 0. The number of esters is 1. The number of carboxylic acid groups (broad SMARTS) is 1. The Balaban J connectivity index is 2.50. The second kappa shape index (κ2) is 8.57. The third-order valence-corrected chi connectivity index (χ3v) is 4.25. The zero-order chi connectivity index (χ0) is 17.6. The highest BCUT2D eigenvalue weighted by Gasteiger charge is 2.51. The van der Waals surface area contributed by atoms with E-state index in [0.29, 0.717) is 12.8 Å². The molecule has 0 aliphatic heterocycles. The van der Waals surface area contributed by atoms with Crippen molar-refractivity contribution in [2.24, 2.45) is 17.8 Å². The predicted molar refractivity (Wildman–Crippen MR) is 81.3 cm³/mol. The number of carboxylic acids is 1. The largest absolute Gasteiger partial charge is 0.481 e. The van der Waals surface area contributed by atoms with Crippen LogP contribution in [0.5, 0.6) is 0 Å². The van der Waals surface area contributed by atoms with Crippen LogP contribution in [0, 0.1) is 17.8 Å². The van der Waals surface area contributed by atoms with Gasteiger partial charge in [-0.25, -0.2) is 4.79 Å². The summed E-state index contributed by atoms with van der Waals surface area (Å²) in [7, 11) is 0. The molecule has 7 heteroatoms. The summed E-state index contributed by atoms with van der Waals surface area (Å²) < 4.78 is 32.4. The van der Waals surface area contributed by atoms with E-state index < -0.39 is 29.7 Å². The van der Waals surface area contributed by atoms with Gasteiger partial charge in [0, 0.05) is 18.5 Å². The van der Waals surface area contributed by atoms with E-state index >= 15 is 0 Å². The minimum Gasteiger partial charge on any atom is -0.481 e. The molecule has 0 saturated heterocycles. The number of hydrogen-bond acceptors (Lipinski definition) is 4. The van der Waals surface area contributed by atoms with Gasteiger partial charge in [0.15, 0.2) is 0 Å². The number of hydrogen-bond donors (Lipinski definition) is 2. The van der Waals surface area contributed by atoms with Gasteiger partial charge in [-0.3, -0.25) is 4.79 Å². The highest BCUT2D eigenvalue weighted by molar-refractivity contribution is 5.78. The average Bonchev–Trinajstić information content (AvgIpc) is 2.92. The van der Waals surface area contributed by atoms with Crippen molar-refractivity contribution in [2.75, 3.05) is 13.2 Å². The molecule has 0 aromatic heterocycles. The van der Waals surface area contributed by atoms with Crippen LogP contribution in [0.2, 0.25) is 0 Å². The standard InChI is InChI=1S/C16H27F2NO4/c1-4-23-15(22)16(17,18)12-5-6-13(8-12)19-9-11(14(20)21)7-10(2)3/h10-13,19H,4-9H2,1-3H3,(H,20,21). The highest BCUT2D eigenvalue weighted by Crippen LogP contribution is 2.39. The second-order valence-electron chi connectivity index (χ2n) is 6.62. The van der Waals surface area contributed by atoms with E-state index in [-0.39, 0.29) is 38.0 Å². The first-order valence-electron chi connectivity index (χ1n) is 8.19. The summed E-state index contributed by atoms with van der Waals surface area (Å²) in [6.07, 6.45) is 1.43. The maximum atomic E-state index is 14.0. The summed E-state index contributed by atoms with van der Waals surface area (Å²) in [6, 6.07) is -0.186. The monoisotopic (exact) mass is 335 g/mol. The number of carbonyl (C=O) groups is 2. The Morgan fingerprint density at radius 3 is 2.52 bits per heavy atom. The first kappa shape index (κ1) is 19.8. The first-order valence-corrected chi connectivity index (χ1v) is 8.19. The van der Waals surface area contributed by atoms with Gasteiger partial charge in [-0.2, -0.15) is 8.78 Å². The van der Waals surface area contributed by atoms with Crippen LogP contribution >= 0.6 is 0 Å². The molecule has 23 heavy (non-hydrogen) atoms. The third kappa shape index (κ3) is 5.71. The fraction of sp³-hybridized carbons (Fsp3) is 0.875. The van der Waals surface area contributed by atoms with Crippen LogP contribution in [0.1, 0.15) is 46.5 Å².